The van der Waals surface area contributed by atoms with E-state index in [-0.39, 0.29) is 16.4 Å². The number of nitro groups is 1. The van der Waals surface area contributed by atoms with E-state index in [9.17, 15) is 19.7 Å². The molecule has 0 bridgehead atoms. The molecule has 1 fully saturated rings. The van der Waals surface area contributed by atoms with Crippen molar-refractivity contribution in [2.45, 2.75) is 20.8 Å². The zero-order valence-corrected chi connectivity index (χ0v) is 19.0. The van der Waals surface area contributed by atoms with Crippen LogP contribution in [0.15, 0.2) is 60.2 Å². The average Bonchev–Trinajstić information content (AvgIpc) is 3.05. The third kappa shape index (κ3) is 3.94. The number of amides is 2. The van der Waals surface area contributed by atoms with Gasteiger partial charge in [0.2, 0.25) is 0 Å². The van der Waals surface area contributed by atoms with Crippen LogP contribution in [0.3, 0.4) is 0 Å². The molecular formula is C24H20N4O4S. The van der Waals surface area contributed by atoms with Crippen LogP contribution in [0.25, 0.3) is 11.8 Å². The Kier molecular flexibility index (Phi) is 5.65. The highest BCUT2D eigenvalue weighted by Gasteiger charge is 2.35. The van der Waals surface area contributed by atoms with Crippen molar-refractivity contribution in [3.05, 3.63) is 92.8 Å². The fourth-order valence-corrected chi connectivity index (χ4v) is 4.20. The summed E-state index contributed by atoms with van der Waals surface area (Å²) in [5.41, 5.74) is 4.16. The Hall–Kier alpha value is -4.11. The predicted octanol–water partition coefficient (Wildman–Crippen LogP) is 4.14. The number of carbonyl (C=O) groups excluding carboxylic acids is 2. The van der Waals surface area contributed by atoms with Crippen molar-refractivity contribution in [3.63, 3.8) is 0 Å². The number of nitro benzene ring substituents is 1. The van der Waals surface area contributed by atoms with Crippen LogP contribution in [0.2, 0.25) is 0 Å². The molecular weight excluding hydrogens is 440 g/mol. The van der Waals surface area contributed by atoms with Gasteiger partial charge in [-0.05, 0) is 68.4 Å². The minimum Gasteiger partial charge on any atom is -0.318 e. The Balaban J connectivity index is 1.78. The molecule has 0 aliphatic carbocycles. The van der Waals surface area contributed by atoms with Crippen LogP contribution in [0.4, 0.5) is 11.4 Å². The van der Waals surface area contributed by atoms with Gasteiger partial charge in [-0.1, -0.05) is 24.3 Å². The molecule has 0 spiro atoms. The van der Waals surface area contributed by atoms with E-state index in [1.54, 1.807) is 24.3 Å². The summed E-state index contributed by atoms with van der Waals surface area (Å²) < 4.78 is 1.84. The lowest BCUT2D eigenvalue weighted by atomic mass is 10.1. The van der Waals surface area contributed by atoms with E-state index in [4.69, 9.17) is 12.2 Å². The van der Waals surface area contributed by atoms with E-state index in [1.807, 2.05) is 43.5 Å². The number of carbonyl (C=O) groups is 2. The van der Waals surface area contributed by atoms with Crippen molar-refractivity contribution in [1.29, 1.82) is 0 Å². The maximum atomic E-state index is 13.3. The number of hydrogen-bond acceptors (Lipinski definition) is 5. The first kappa shape index (κ1) is 22.1. The smallest absolute Gasteiger partial charge is 0.271 e. The molecule has 2 amide bonds. The summed E-state index contributed by atoms with van der Waals surface area (Å²) >= 11 is 5.28. The van der Waals surface area contributed by atoms with E-state index in [2.05, 4.69) is 5.32 Å². The molecule has 1 saturated heterocycles. The number of aryl methyl sites for hydroxylation is 2. The lowest BCUT2D eigenvalue weighted by molar-refractivity contribution is -0.384. The minimum atomic E-state index is -0.574. The lowest BCUT2D eigenvalue weighted by Crippen LogP contribution is -2.54. The van der Waals surface area contributed by atoms with Crippen molar-refractivity contribution >= 4 is 46.6 Å². The molecule has 0 saturated carbocycles. The Morgan fingerprint density at radius 2 is 1.76 bits per heavy atom. The summed E-state index contributed by atoms with van der Waals surface area (Å²) in [7, 11) is 0. The fourth-order valence-electron chi connectivity index (χ4n) is 3.92. The summed E-state index contributed by atoms with van der Waals surface area (Å²) in [6, 6.07) is 15.4. The number of anilines is 1. The molecule has 0 unspecified atom stereocenters. The topological polar surface area (TPSA) is 97.5 Å². The molecule has 1 aliphatic heterocycles. The fraction of sp³-hybridized carbons (Fsp3) is 0.125. The quantitative estimate of drug-likeness (QED) is 0.207. The van der Waals surface area contributed by atoms with Crippen molar-refractivity contribution in [2.75, 3.05) is 4.90 Å². The van der Waals surface area contributed by atoms with Gasteiger partial charge in [0.15, 0.2) is 5.11 Å². The summed E-state index contributed by atoms with van der Waals surface area (Å²) in [6.45, 7) is 5.54. The molecule has 4 rings (SSSR count). The molecule has 1 aliphatic rings. The second-order valence-corrected chi connectivity index (χ2v) is 8.07. The number of nitrogens with one attached hydrogen (secondary N) is 1. The molecule has 0 atom stereocenters. The van der Waals surface area contributed by atoms with Gasteiger partial charge >= 0.3 is 0 Å². The van der Waals surface area contributed by atoms with Crippen LogP contribution in [-0.2, 0) is 9.59 Å². The summed E-state index contributed by atoms with van der Waals surface area (Å²) in [5.74, 6) is -1.09. The first-order valence-corrected chi connectivity index (χ1v) is 10.5. The SMILES string of the molecule is Cc1ccccc1N1C(=O)/C(=C/c2cc(C)n(-c3cccc([N+](=O)[O-])c3)c2C)C(=O)NC1=S. The standard InChI is InChI=1S/C24H20N4O4S/c1-14-7-4-5-10-21(14)27-23(30)20(22(29)25-24(27)33)12-17-11-15(2)26(16(17)3)18-8-6-9-19(13-18)28(31)32/h4-13H,1-3H3,(H,25,29,33)/b20-12+. The second kappa shape index (κ2) is 8.44. The molecule has 2 aromatic carbocycles. The number of rotatable bonds is 4. The van der Waals surface area contributed by atoms with Crippen LogP contribution in [0, 0.1) is 30.9 Å². The van der Waals surface area contributed by atoms with Gasteiger partial charge in [-0.2, -0.15) is 0 Å². The maximum Gasteiger partial charge on any atom is 0.271 e. The third-order valence-corrected chi connectivity index (χ3v) is 5.81. The number of aromatic nitrogens is 1. The summed E-state index contributed by atoms with van der Waals surface area (Å²) in [5, 5.41) is 13.8. The van der Waals surface area contributed by atoms with Crippen molar-refractivity contribution < 1.29 is 14.5 Å². The van der Waals surface area contributed by atoms with Crippen LogP contribution >= 0.6 is 12.2 Å². The molecule has 1 N–H and O–H groups in total. The molecule has 1 aromatic heterocycles. The molecule has 33 heavy (non-hydrogen) atoms. The maximum absolute atomic E-state index is 13.3. The van der Waals surface area contributed by atoms with E-state index >= 15 is 0 Å². The number of nitrogens with zero attached hydrogens (tertiary/aromatic N) is 3. The van der Waals surface area contributed by atoms with Gasteiger partial charge in [0.1, 0.15) is 5.57 Å². The van der Waals surface area contributed by atoms with Gasteiger partial charge in [-0.15, -0.1) is 0 Å². The Bertz CT molecular complexity index is 1370. The van der Waals surface area contributed by atoms with Crippen molar-refractivity contribution in [3.8, 4) is 5.69 Å². The van der Waals surface area contributed by atoms with Crippen LogP contribution in [0.1, 0.15) is 22.5 Å². The first-order valence-electron chi connectivity index (χ1n) is 10.1. The van der Waals surface area contributed by atoms with Crippen LogP contribution < -0.4 is 10.2 Å². The molecule has 0 radical (unpaired) electrons. The Labute approximate surface area is 195 Å². The van der Waals surface area contributed by atoms with Gasteiger partial charge in [0.05, 0.1) is 16.3 Å². The highest BCUT2D eigenvalue weighted by molar-refractivity contribution is 7.80. The van der Waals surface area contributed by atoms with E-state index < -0.39 is 16.7 Å². The van der Waals surface area contributed by atoms with Gasteiger partial charge in [-0.3, -0.25) is 29.9 Å². The van der Waals surface area contributed by atoms with Crippen molar-refractivity contribution in [1.82, 2.24) is 9.88 Å². The van der Waals surface area contributed by atoms with E-state index in [1.165, 1.54) is 23.1 Å². The zero-order valence-electron chi connectivity index (χ0n) is 18.2. The van der Waals surface area contributed by atoms with Gasteiger partial charge in [0, 0.05) is 23.5 Å². The highest BCUT2D eigenvalue weighted by Crippen LogP contribution is 2.28. The average molecular weight is 461 g/mol. The number of para-hydroxylation sites is 1. The molecule has 166 valence electrons. The zero-order chi connectivity index (χ0) is 23.9. The third-order valence-electron chi connectivity index (χ3n) is 5.53. The van der Waals surface area contributed by atoms with Gasteiger partial charge < -0.3 is 4.57 Å². The first-order chi connectivity index (χ1) is 15.7. The second-order valence-electron chi connectivity index (χ2n) is 7.68. The monoisotopic (exact) mass is 460 g/mol. The largest absolute Gasteiger partial charge is 0.318 e. The molecule has 2 heterocycles. The number of hydrogen-bond donors (Lipinski definition) is 1. The normalized spacial score (nSPS) is 15.2. The number of benzene rings is 2. The minimum absolute atomic E-state index is 0.0240. The number of thiocarbonyl (C=S) groups is 1. The van der Waals surface area contributed by atoms with Crippen LogP contribution in [-0.4, -0.2) is 26.4 Å². The Morgan fingerprint density at radius 3 is 2.45 bits per heavy atom. The van der Waals surface area contributed by atoms with Crippen LogP contribution in [0.5, 0.6) is 0 Å². The van der Waals surface area contributed by atoms with E-state index in [0.29, 0.717) is 16.9 Å². The number of non-ortho nitro benzene ring substituents is 1. The van der Waals surface area contributed by atoms with Gasteiger partial charge in [-0.25, -0.2) is 0 Å². The highest BCUT2D eigenvalue weighted by atomic mass is 32.1. The van der Waals surface area contributed by atoms with Gasteiger partial charge in [0.25, 0.3) is 17.5 Å². The Morgan fingerprint density at radius 1 is 1.03 bits per heavy atom. The summed E-state index contributed by atoms with van der Waals surface area (Å²) in [6.07, 6.45) is 1.53. The summed E-state index contributed by atoms with van der Waals surface area (Å²) in [4.78, 5) is 38.1. The predicted molar refractivity (Wildman–Crippen MR) is 129 cm³/mol. The molecule has 3 aromatic rings. The van der Waals surface area contributed by atoms with E-state index in [0.717, 1.165) is 17.0 Å². The molecule has 8 nitrogen and oxygen atoms in total. The lowest BCUT2D eigenvalue weighted by Gasteiger charge is -2.30. The van der Waals surface area contributed by atoms with Crippen molar-refractivity contribution in [2.24, 2.45) is 0 Å². The molecule has 9 heteroatoms.